The van der Waals surface area contributed by atoms with E-state index in [0.29, 0.717) is 0 Å². The van der Waals surface area contributed by atoms with Gasteiger partial charge in [-0.3, -0.25) is 4.79 Å². The van der Waals surface area contributed by atoms with Crippen molar-refractivity contribution in [1.29, 1.82) is 0 Å². The third kappa shape index (κ3) is 0.999. The van der Waals surface area contributed by atoms with Gasteiger partial charge in [-0.25, -0.2) is 0 Å². The van der Waals surface area contributed by atoms with Crippen molar-refractivity contribution < 1.29 is 0 Å². The Morgan fingerprint density at radius 2 is 1.88 bits per heavy atom. The number of rotatable bonds is 0. The second-order valence-electron chi connectivity index (χ2n) is 4.10. The van der Waals surface area contributed by atoms with Gasteiger partial charge in [0, 0.05) is 24.0 Å². The Labute approximate surface area is 92.3 Å². The van der Waals surface area contributed by atoms with Gasteiger partial charge in [-0.1, -0.05) is 18.2 Å². The van der Waals surface area contributed by atoms with E-state index in [4.69, 9.17) is 0 Å². The summed E-state index contributed by atoms with van der Waals surface area (Å²) in [5.41, 5.74) is 3.03. The fraction of sp³-hybridized carbons (Fsp3) is 0.154. The van der Waals surface area contributed by atoms with Crippen LogP contribution >= 0.6 is 0 Å². The van der Waals surface area contributed by atoms with E-state index in [2.05, 4.69) is 24.0 Å². The van der Waals surface area contributed by atoms with E-state index in [-0.39, 0.29) is 5.56 Å². The molecular weight excluding hydrogens is 200 g/mol. The number of aryl methyl sites for hydroxylation is 2. The Morgan fingerprint density at radius 1 is 1.12 bits per heavy atom. The van der Waals surface area contributed by atoms with Crippen molar-refractivity contribution in [2.75, 3.05) is 0 Å². The van der Waals surface area contributed by atoms with Gasteiger partial charge < -0.3 is 9.55 Å². The highest BCUT2D eigenvalue weighted by atomic mass is 16.1. The van der Waals surface area contributed by atoms with Crippen LogP contribution in [0.3, 0.4) is 0 Å². The van der Waals surface area contributed by atoms with Crippen LogP contribution in [-0.4, -0.2) is 9.55 Å². The van der Waals surface area contributed by atoms with Gasteiger partial charge in [0.15, 0.2) is 0 Å². The van der Waals surface area contributed by atoms with Gasteiger partial charge in [0.05, 0.1) is 5.52 Å². The molecule has 80 valence electrons. The lowest BCUT2D eigenvalue weighted by Gasteiger charge is -1.99. The van der Waals surface area contributed by atoms with Crippen LogP contribution in [0.25, 0.3) is 21.8 Å². The molecule has 0 saturated carbocycles. The summed E-state index contributed by atoms with van der Waals surface area (Å²) >= 11 is 0. The first-order valence-corrected chi connectivity index (χ1v) is 5.25. The molecule has 3 nitrogen and oxygen atoms in total. The van der Waals surface area contributed by atoms with Gasteiger partial charge in [0.25, 0.3) is 5.56 Å². The van der Waals surface area contributed by atoms with Crippen molar-refractivity contribution in [2.45, 2.75) is 6.92 Å². The zero-order chi connectivity index (χ0) is 11.3. The zero-order valence-corrected chi connectivity index (χ0v) is 9.24. The second kappa shape index (κ2) is 2.98. The van der Waals surface area contributed by atoms with E-state index in [1.165, 1.54) is 5.56 Å². The van der Waals surface area contributed by atoms with Crippen molar-refractivity contribution in [1.82, 2.24) is 9.55 Å². The van der Waals surface area contributed by atoms with Crippen LogP contribution in [-0.2, 0) is 7.05 Å². The number of para-hydroxylation sites is 1. The Bertz CT molecular complexity index is 750. The van der Waals surface area contributed by atoms with Gasteiger partial charge >= 0.3 is 0 Å². The lowest BCUT2D eigenvalue weighted by atomic mass is 10.1. The predicted molar refractivity (Wildman–Crippen MR) is 65.8 cm³/mol. The van der Waals surface area contributed by atoms with E-state index in [9.17, 15) is 4.79 Å². The molecule has 0 spiro atoms. The number of nitrogens with one attached hydrogen (secondary N) is 1. The number of pyridine rings is 1. The molecule has 16 heavy (non-hydrogen) atoms. The number of hydrogen-bond donors (Lipinski definition) is 1. The first-order valence-electron chi connectivity index (χ1n) is 5.25. The molecular formula is C13H12N2O. The Kier molecular flexibility index (Phi) is 1.72. The van der Waals surface area contributed by atoms with Gasteiger partial charge in [-0.15, -0.1) is 0 Å². The Hall–Kier alpha value is -2.03. The fourth-order valence-electron chi connectivity index (χ4n) is 2.45. The number of nitrogens with zero attached hydrogens (tertiary/aromatic N) is 1. The van der Waals surface area contributed by atoms with Crippen LogP contribution in [0.4, 0.5) is 0 Å². The van der Waals surface area contributed by atoms with E-state index in [1.807, 2.05) is 23.7 Å². The highest BCUT2D eigenvalue weighted by molar-refractivity contribution is 6.08. The molecule has 0 fully saturated rings. The largest absolute Gasteiger partial charge is 0.339 e. The highest BCUT2D eigenvalue weighted by Crippen LogP contribution is 2.27. The molecule has 0 radical (unpaired) electrons. The summed E-state index contributed by atoms with van der Waals surface area (Å²) in [5.74, 6) is 0. The molecule has 3 aromatic rings. The lowest BCUT2D eigenvalue weighted by molar-refractivity contribution is 0.994. The minimum absolute atomic E-state index is 0.0319. The summed E-state index contributed by atoms with van der Waals surface area (Å²) < 4.78 is 1.97. The van der Waals surface area contributed by atoms with Gasteiger partial charge in [0.1, 0.15) is 5.52 Å². The second-order valence-corrected chi connectivity index (χ2v) is 4.10. The normalized spacial score (nSPS) is 11.4. The first kappa shape index (κ1) is 9.21. The van der Waals surface area contributed by atoms with Crippen molar-refractivity contribution in [2.24, 2.45) is 7.05 Å². The number of fused-ring (bicyclic) bond motifs is 3. The molecule has 3 heteroatoms. The van der Waals surface area contributed by atoms with E-state index < -0.39 is 0 Å². The quantitative estimate of drug-likeness (QED) is 0.610. The molecule has 1 aromatic carbocycles. The summed E-state index contributed by atoms with van der Waals surface area (Å²) in [6.45, 7) is 2.06. The van der Waals surface area contributed by atoms with Crippen molar-refractivity contribution in [3.05, 3.63) is 46.4 Å². The van der Waals surface area contributed by atoms with Crippen LogP contribution in [0.5, 0.6) is 0 Å². The number of hydrogen-bond acceptors (Lipinski definition) is 1. The Balaban J connectivity index is 2.76. The maximum Gasteiger partial charge on any atom is 0.272 e. The van der Waals surface area contributed by atoms with E-state index in [0.717, 1.165) is 21.8 Å². The molecule has 0 aliphatic heterocycles. The summed E-state index contributed by atoms with van der Waals surface area (Å²) in [4.78, 5) is 14.5. The number of H-pyrrole nitrogens is 1. The summed E-state index contributed by atoms with van der Waals surface area (Å²) in [7, 11) is 1.94. The van der Waals surface area contributed by atoms with Crippen LogP contribution < -0.4 is 5.56 Å². The van der Waals surface area contributed by atoms with Crippen LogP contribution in [0.2, 0.25) is 0 Å². The Morgan fingerprint density at radius 3 is 2.69 bits per heavy atom. The highest BCUT2D eigenvalue weighted by Gasteiger charge is 2.11. The topological polar surface area (TPSA) is 37.8 Å². The van der Waals surface area contributed by atoms with Crippen molar-refractivity contribution >= 4 is 21.8 Å². The molecule has 0 unspecified atom stereocenters. The third-order valence-corrected chi connectivity index (χ3v) is 3.13. The van der Waals surface area contributed by atoms with E-state index in [1.54, 1.807) is 6.20 Å². The summed E-state index contributed by atoms with van der Waals surface area (Å²) in [5, 5.41) is 2.16. The molecule has 0 atom stereocenters. The molecule has 2 heterocycles. The third-order valence-electron chi connectivity index (χ3n) is 3.13. The first-order chi connectivity index (χ1) is 7.70. The summed E-state index contributed by atoms with van der Waals surface area (Å²) in [6.07, 6.45) is 1.70. The molecule has 0 aliphatic rings. The molecule has 0 bridgehead atoms. The molecule has 0 saturated heterocycles. The van der Waals surface area contributed by atoms with Crippen molar-refractivity contribution in [3.8, 4) is 0 Å². The smallest absolute Gasteiger partial charge is 0.272 e. The molecule has 3 rings (SSSR count). The average Bonchev–Trinajstić information content (AvgIpc) is 2.56. The standard InChI is InChI=1S/C13H12N2O/c1-8-4-3-5-9-10-6-7-14-13(16)12(10)15(2)11(8)9/h3-7H,1-2H3,(H,14,16). The van der Waals surface area contributed by atoms with Crippen molar-refractivity contribution in [3.63, 3.8) is 0 Å². The van der Waals surface area contributed by atoms with Gasteiger partial charge in [0.2, 0.25) is 0 Å². The monoisotopic (exact) mass is 212 g/mol. The maximum absolute atomic E-state index is 11.8. The minimum atomic E-state index is -0.0319. The van der Waals surface area contributed by atoms with Crippen LogP contribution in [0.1, 0.15) is 5.56 Å². The van der Waals surface area contributed by atoms with Crippen LogP contribution in [0.15, 0.2) is 35.3 Å². The summed E-state index contributed by atoms with van der Waals surface area (Å²) in [6, 6.07) is 8.11. The minimum Gasteiger partial charge on any atom is -0.339 e. The maximum atomic E-state index is 11.8. The lowest BCUT2D eigenvalue weighted by Crippen LogP contribution is -2.07. The molecule has 1 N–H and O–H groups in total. The zero-order valence-electron chi connectivity index (χ0n) is 9.24. The molecule has 0 amide bonds. The van der Waals surface area contributed by atoms with Crippen LogP contribution in [0, 0.1) is 6.92 Å². The molecule has 0 aliphatic carbocycles. The van der Waals surface area contributed by atoms with Gasteiger partial charge in [-0.05, 0) is 18.6 Å². The number of aromatic amines is 1. The van der Waals surface area contributed by atoms with Gasteiger partial charge in [-0.2, -0.15) is 0 Å². The SMILES string of the molecule is Cc1cccc2c3cc[nH]c(=O)c3n(C)c12. The average molecular weight is 212 g/mol. The van der Waals surface area contributed by atoms with E-state index >= 15 is 0 Å². The fourth-order valence-corrected chi connectivity index (χ4v) is 2.45. The predicted octanol–water partition coefficient (Wildman–Crippen LogP) is 2.33. The molecule has 2 aromatic heterocycles. The number of benzene rings is 1. The number of aromatic nitrogens is 2.